The van der Waals surface area contributed by atoms with Crippen LogP contribution in [0.4, 0.5) is 0 Å². The number of carboxylic acids is 2. The summed E-state index contributed by atoms with van der Waals surface area (Å²) in [5.41, 5.74) is 22.0. The zero-order valence-corrected chi connectivity index (χ0v) is 20.9. The Bertz CT molecular complexity index is 834. The molecule has 1 fully saturated rings. The van der Waals surface area contributed by atoms with E-state index in [1.165, 1.54) is 4.90 Å². The van der Waals surface area contributed by atoms with Crippen molar-refractivity contribution in [2.24, 2.45) is 27.9 Å². The van der Waals surface area contributed by atoms with Gasteiger partial charge >= 0.3 is 11.9 Å². The number of guanidine groups is 1. The number of hydrogen-bond donors (Lipinski definition) is 8. The summed E-state index contributed by atoms with van der Waals surface area (Å²) in [5.74, 6) is -4.40. The van der Waals surface area contributed by atoms with Crippen LogP contribution in [0.1, 0.15) is 57.8 Å². The van der Waals surface area contributed by atoms with Gasteiger partial charge in [0.15, 0.2) is 5.96 Å². The molecule has 15 nitrogen and oxygen atoms in total. The number of amides is 3. The van der Waals surface area contributed by atoms with Crippen LogP contribution in [0.5, 0.6) is 0 Å². The maximum Gasteiger partial charge on any atom is 0.326 e. The van der Waals surface area contributed by atoms with Crippen molar-refractivity contribution in [3.05, 3.63) is 0 Å². The second-order valence-electron chi connectivity index (χ2n) is 8.92. The third-order valence-corrected chi connectivity index (χ3v) is 5.96. The Morgan fingerprint density at radius 2 is 1.68 bits per heavy atom. The number of nitrogens with zero attached hydrogens (tertiary/aromatic N) is 2. The number of carbonyl (C=O) groups is 5. The Hall–Kier alpha value is -3.46. The van der Waals surface area contributed by atoms with Crippen LogP contribution in [0.25, 0.3) is 0 Å². The highest BCUT2D eigenvalue weighted by Crippen LogP contribution is 2.20. The first-order chi connectivity index (χ1) is 17.5. The first kappa shape index (κ1) is 31.6. The van der Waals surface area contributed by atoms with Gasteiger partial charge in [-0.3, -0.25) is 24.2 Å². The number of aliphatic carboxylic acids is 2. The number of nitrogens with two attached hydrogens (primary N) is 4. The Balaban J connectivity index is 2.86. The highest BCUT2D eigenvalue weighted by atomic mass is 16.4. The van der Waals surface area contributed by atoms with Gasteiger partial charge in [-0.25, -0.2) is 4.79 Å². The lowest BCUT2D eigenvalue weighted by molar-refractivity contribution is -0.144. The normalized spacial score (nSPS) is 17.4. The van der Waals surface area contributed by atoms with Crippen molar-refractivity contribution in [2.45, 2.75) is 82.0 Å². The molecule has 37 heavy (non-hydrogen) atoms. The molecule has 1 heterocycles. The summed E-state index contributed by atoms with van der Waals surface area (Å²) in [5, 5.41) is 23.4. The van der Waals surface area contributed by atoms with E-state index in [0.29, 0.717) is 58.2 Å². The smallest absolute Gasteiger partial charge is 0.326 e. The van der Waals surface area contributed by atoms with E-state index < -0.39 is 60.2 Å². The van der Waals surface area contributed by atoms with Crippen molar-refractivity contribution in [1.29, 1.82) is 0 Å². The molecule has 1 aliphatic heterocycles. The second kappa shape index (κ2) is 16.3. The molecule has 0 aromatic heterocycles. The predicted molar refractivity (Wildman–Crippen MR) is 134 cm³/mol. The molecule has 15 heteroatoms. The Morgan fingerprint density at radius 3 is 2.27 bits per heavy atom. The van der Waals surface area contributed by atoms with Gasteiger partial charge in [-0.05, 0) is 57.9 Å². The quantitative estimate of drug-likeness (QED) is 0.0551. The summed E-state index contributed by atoms with van der Waals surface area (Å²) in [6.07, 6.45) is 2.11. The number of carboxylic acid groups (broad SMARTS) is 2. The van der Waals surface area contributed by atoms with Gasteiger partial charge in [0.05, 0.1) is 6.04 Å². The van der Waals surface area contributed by atoms with Crippen molar-refractivity contribution < 1.29 is 34.2 Å². The lowest BCUT2D eigenvalue weighted by atomic mass is 10.1. The van der Waals surface area contributed by atoms with Crippen molar-refractivity contribution in [2.75, 3.05) is 19.6 Å². The number of hydrogen-bond acceptors (Lipinski definition) is 8. The maximum absolute atomic E-state index is 13.1. The van der Waals surface area contributed by atoms with Crippen molar-refractivity contribution >= 4 is 35.6 Å². The molecule has 0 aliphatic carbocycles. The van der Waals surface area contributed by atoms with Crippen LogP contribution in [0.2, 0.25) is 0 Å². The van der Waals surface area contributed by atoms with Crippen LogP contribution < -0.4 is 33.6 Å². The molecule has 0 spiro atoms. The molecule has 1 rings (SSSR count). The summed E-state index contributed by atoms with van der Waals surface area (Å²) in [4.78, 5) is 66.6. The van der Waals surface area contributed by atoms with Crippen LogP contribution in [-0.2, 0) is 24.0 Å². The molecule has 0 radical (unpaired) electrons. The lowest BCUT2D eigenvalue weighted by Gasteiger charge is -2.28. The van der Waals surface area contributed by atoms with Crippen LogP contribution in [-0.4, -0.2) is 94.5 Å². The summed E-state index contributed by atoms with van der Waals surface area (Å²) < 4.78 is 0. The fourth-order valence-corrected chi connectivity index (χ4v) is 3.99. The number of unbranched alkanes of at least 4 members (excludes halogenated alkanes) is 1. The van der Waals surface area contributed by atoms with E-state index in [1.54, 1.807) is 0 Å². The molecule has 3 amide bonds. The van der Waals surface area contributed by atoms with Gasteiger partial charge in [0.25, 0.3) is 0 Å². The fraction of sp³-hybridized carbons (Fsp3) is 0.727. The second-order valence-corrected chi connectivity index (χ2v) is 8.92. The number of nitrogens with one attached hydrogen (secondary N) is 2. The van der Waals surface area contributed by atoms with E-state index in [9.17, 15) is 29.1 Å². The molecule has 0 aromatic rings. The zero-order valence-electron chi connectivity index (χ0n) is 20.9. The van der Waals surface area contributed by atoms with Crippen molar-refractivity contribution in [3.63, 3.8) is 0 Å². The molecule has 0 saturated carbocycles. The van der Waals surface area contributed by atoms with Crippen molar-refractivity contribution in [3.8, 4) is 0 Å². The van der Waals surface area contributed by atoms with Gasteiger partial charge < -0.3 is 48.7 Å². The largest absolute Gasteiger partial charge is 0.481 e. The lowest BCUT2D eigenvalue weighted by Crippen LogP contribution is -2.56. The third-order valence-electron chi connectivity index (χ3n) is 5.96. The molecule has 12 N–H and O–H groups in total. The summed E-state index contributed by atoms with van der Waals surface area (Å²) in [6.45, 7) is 0.970. The summed E-state index contributed by atoms with van der Waals surface area (Å²) in [6, 6.07) is -4.29. The Morgan fingerprint density at radius 1 is 0.973 bits per heavy atom. The zero-order chi connectivity index (χ0) is 28.0. The average Bonchev–Trinajstić information content (AvgIpc) is 3.32. The van der Waals surface area contributed by atoms with Gasteiger partial charge in [-0.1, -0.05) is 0 Å². The molecule has 0 aromatic carbocycles. The van der Waals surface area contributed by atoms with Gasteiger partial charge in [-0.2, -0.15) is 0 Å². The maximum atomic E-state index is 13.1. The van der Waals surface area contributed by atoms with Crippen LogP contribution in [0.15, 0.2) is 4.99 Å². The Kier molecular flexibility index (Phi) is 13.9. The summed E-state index contributed by atoms with van der Waals surface area (Å²) >= 11 is 0. The molecule has 1 aliphatic rings. The van der Waals surface area contributed by atoms with Gasteiger partial charge in [0.2, 0.25) is 17.7 Å². The monoisotopic (exact) mass is 528 g/mol. The predicted octanol–water partition coefficient (Wildman–Crippen LogP) is -2.59. The molecule has 1 saturated heterocycles. The van der Waals surface area contributed by atoms with Crippen LogP contribution in [0, 0.1) is 0 Å². The topological polar surface area (TPSA) is 270 Å². The minimum atomic E-state index is -1.30. The SMILES string of the molecule is NCCCCC(NC(=O)C(CCC(=O)O)NC(=O)C1CCCN1C(=O)C(N)CCCN=C(N)N)C(=O)O. The first-order valence-corrected chi connectivity index (χ1v) is 12.3. The fourth-order valence-electron chi connectivity index (χ4n) is 3.99. The van der Waals surface area contributed by atoms with E-state index in [1.807, 2.05) is 0 Å². The van der Waals surface area contributed by atoms with Gasteiger partial charge in [0, 0.05) is 19.5 Å². The molecule has 210 valence electrons. The molecule has 0 bridgehead atoms. The van der Waals surface area contributed by atoms with E-state index in [2.05, 4.69) is 15.6 Å². The van der Waals surface area contributed by atoms with Crippen molar-refractivity contribution in [1.82, 2.24) is 15.5 Å². The third kappa shape index (κ3) is 11.4. The highest BCUT2D eigenvalue weighted by molar-refractivity contribution is 5.94. The minimum absolute atomic E-state index is 0.0668. The Labute approximate surface area is 215 Å². The standard InChI is InChI=1S/C22H40N8O7/c23-10-2-1-6-15(21(36)37)29-18(33)14(8-9-17(31)32)28-19(34)16-7-4-12-30(16)20(35)13(24)5-3-11-27-22(25)26/h13-16H,1-12,23-24H2,(H,28,34)(H,29,33)(H,31,32)(H,36,37)(H4,25,26,27). The van der Waals surface area contributed by atoms with Gasteiger partial charge in [0.1, 0.15) is 18.1 Å². The molecule has 4 unspecified atom stereocenters. The van der Waals surface area contributed by atoms with E-state index in [4.69, 9.17) is 28.0 Å². The minimum Gasteiger partial charge on any atom is -0.481 e. The highest BCUT2D eigenvalue weighted by Gasteiger charge is 2.37. The number of carbonyl (C=O) groups excluding carboxylic acids is 3. The molecular formula is C22H40N8O7. The molecule has 4 atom stereocenters. The first-order valence-electron chi connectivity index (χ1n) is 12.3. The molecular weight excluding hydrogens is 488 g/mol. The number of likely N-dealkylation sites (tertiary alicyclic amines) is 1. The van der Waals surface area contributed by atoms with Crippen LogP contribution in [0.3, 0.4) is 0 Å². The summed E-state index contributed by atoms with van der Waals surface area (Å²) in [7, 11) is 0. The number of rotatable bonds is 17. The average molecular weight is 529 g/mol. The van der Waals surface area contributed by atoms with E-state index >= 15 is 0 Å². The van der Waals surface area contributed by atoms with Crippen LogP contribution >= 0.6 is 0 Å². The van der Waals surface area contributed by atoms with Gasteiger partial charge in [-0.15, -0.1) is 0 Å². The number of aliphatic imine (C=N–C) groups is 1. The van der Waals surface area contributed by atoms with E-state index in [0.717, 1.165) is 0 Å². The van der Waals surface area contributed by atoms with E-state index in [-0.39, 0.29) is 18.8 Å².